The molecule has 2 rings (SSSR count). The Morgan fingerprint density at radius 1 is 1.27 bits per heavy atom. The van der Waals surface area contributed by atoms with E-state index >= 15 is 0 Å². The number of carbonyl (C=O) groups excluding carboxylic acids is 1. The highest BCUT2D eigenvalue weighted by molar-refractivity contribution is 5.79. The Morgan fingerprint density at radius 3 is 2.59 bits per heavy atom. The summed E-state index contributed by atoms with van der Waals surface area (Å²) in [5, 5.41) is 2.95. The number of benzene rings is 1. The first-order chi connectivity index (χ1) is 10.4. The number of hydrogen-bond acceptors (Lipinski definition) is 3. The smallest absolute Gasteiger partial charge is 0.224 e. The van der Waals surface area contributed by atoms with Gasteiger partial charge >= 0.3 is 0 Å². The van der Waals surface area contributed by atoms with Crippen LogP contribution < -0.4 is 11.1 Å². The molecular weight excluding hydrogens is 276 g/mol. The predicted molar refractivity (Wildman–Crippen MR) is 89.6 cm³/mol. The van der Waals surface area contributed by atoms with Crippen LogP contribution in [0.5, 0.6) is 0 Å². The van der Waals surface area contributed by atoms with E-state index in [2.05, 4.69) is 29.8 Å². The van der Waals surface area contributed by atoms with Gasteiger partial charge in [-0.1, -0.05) is 19.1 Å². The zero-order valence-corrected chi connectivity index (χ0v) is 13.8. The molecule has 0 fully saturated rings. The lowest BCUT2D eigenvalue weighted by molar-refractivity contribution is -0.124. The van der Waals surface area contributed by atoms with Crippen LogP contribution in [0, 0.1) is 5.92 Å². The maximum Gasteiger partial charge on any atom is 0.224 e. The summed E-state index contributed by atoms with van der Waals surface area (Å²) in [4.78, 5) is 16.6. The van der Waals surface area contributed by atoms with Gasteiger partial charge in [0, 0.05) is 31.0 Å². The van der Waals surface area contributed by atoms with E-state index in [0.29, 0.717) is 19.0 Å². The SMILES string of the molecule is CC(N)C(C)C(=O)NCCc1nc2ccccc2n1C(C)C. The standard InChI is InChI=1S/C17H26N4O/c1-11(2)21-15-8-6-5-7-14(15)20-16(21)9-10-19-17(22)12(3)13(4)18/h5-8,11-13H,9-10,18H2,1-4H3,(H,19,22). The van der Waals surface area contributed by atoms with Crippen LogP contribution in [-0.4, -0.2) is 28.0 Å². The summed E-state index contributed by atoms with van der Waals surface area (Å²) in [6, 6.07) is 8.33. The van der Waals surface area contributed by atoms with Gasteiger partial charge < -0.3 is 15.6 Å². The molecule has 5 nitrogen and oxygen atoms in total. The average molecular weight is 302 g/mol. The number of carbonyl (C=O) groups is 1. The van der Waals surface area contributed by atoms with Crippen molar-refractivity contribution in [2.75, 3.05) is 6.54 Å². The van der Waals surface area contributed by atoms with Crippen LogP contribution in [-0.2, 0) is 11.2 Å². The van der Waals surface area contributed by atoms with Crippen LogP contribution in [0.25, 0.3) is 11.0 Å². The third kappa shape index (κ3) is 3.47. The molecule has 1 aromatic carbocycles. The maximum absolute atomic E-state index is 11.9. The Bertz CT molecular complexity index is 645. The Balaban J connectivity index is 2.09. The third-order valence-corrected chi connectivity index (χ3v) is 4.04. The van der Waals surface area contributed by atoms with Crippen LogP contribution in [0.2, 0.25) is 0 Å². The molecule has 5 heteroatoms. The van der Waals surface area contributed by atoms with E-state index in [-0.39, 0.29) is 17.9 Å². The topological polar surface area (TPSA) is 72.9 Å². The molecule has 2 atom stereocenters. The molecule has 0 bridgehead atoms. The number of imidazole rings is 1. The Hall–Kier alpha value is -1.88. The minimum absolute atomic E-state index is 0.00204. The van der Waals surface area contributed by atoms with Gasteiger partial charge in [-0.25, -0.2) is 4.98 Å². The van der Waals surface area contributed by atoms with E-state index in [1.165, 1.54) is 0 Å². The molecule has 3 N–H and O–H groups in total. The highest BCUT2D eigenvalue weighted by Gasteiger charge is 2.17. The van der Waals surface area contributed by atoms with Gasteiger partial charge in [-0.15, -0.1) is 0 Å². The normalized spacial score (nSPS) is 14.3. The first-order valence-electron chi connectivity index (χ1n) is 7.91. The minimum Gasteiger partial charge on any atom is -0.355 e. The van der Waals surface area contributed by atoms with Crippen LogP contribution in [0.1, 0.15) is 39.6 Å². The second kappa shape index (κ2) is 6.92. The van der Waals surface area contributed by atoms with E-state index in [0.717, 1.165) is 16.9 Å². The Labute approximate surface area is 131 Å². The number of nitrogens with zero attached hydrogens (tertiary/aromatic N) is 2. The van der Waals surface area contributed by atoms with Gasteiger partial charge in [0.05, 0.1) is 11.0 Å². The number of rotatable bonds is 6. The van der Waals surface area contributed by atoms with Gasteiger partial charge in [-0.05, 0) is 32.9 Å². The van der Waals surface area contributed by atoms with Crippen molar-refractivity contribution in [2.45, 2.75) is 46.2 Å². The molecule has 120 valence electrons. The molecule has 1 aromatic heterocycles. The van der Waals surface area contributed by atoms with Crippen LogP contribution in [0.3, 0.4) is 0 Å². The van der Waals surface area contributed by atoms with Gasteiger partial charge in [0.25, 0.3) is 0 Å². The molecule has 0 saturated carbocycles. The Morgan fingerprint density at radius 2 is 1.95 bits per heavy atom. The lowest BCUT2D eigenvalue weighted by Gasteiger charge is -2.16. The number of para-hydroxylation sites is 2. The zero-order valence-electron chi connectivity index (χ0n) is 13.8. The van der Waals surface area contributed by atoms with Crippen molar-refractivity contribution in [3.8, 4) is 0 Å². The highest BCUT2D eigenvalue weighted by atomic mass is 16.1. The molecule has 2 aromatic rings. The molecule has 1 heterocycles. The molecule has 0 radical (unpaired) electrons. The third-order valence-electron chi connectivity index (χ3n) is 4.04. The number of nitrogens with one attached hydrogen (secondary N) is 1. The lowest BCUT2D eigenvalue weighted by atomic mass is 10.0. The van der Waals surface area contributed by atoms with Crippen molar-refractivity contribution in [2.24, 2.45) is 11.7 Å². The van der Waals surface area contributed by atoms with E-state index in [9.17, 15) is 4.79 Å². The summed E-state index contributed by atoms with van der Waals surface area (Å²) in [5.74, 6) is 0.830. The number of nitrogens with two attached hydrogens (primary N) is 1. The number of amides is 1. The lowest BCUT2D eigenvalue weighted by Crippen LogP contribution is -2.39. The van der Waals surface area contributed by atoms with E-state index in [1.54, 1.807) is 0 Å². The van der Waals surface area contributed by atoms with Crippen molar-refractivity contribution in [1.82, 2.24) is 14.9 Å². The van der Waals surface area contributed by atoms with Gasteiger partial charge in [0.1, 0.15) is 5.82 Å². The quantitative estimate of drug-likeness (QED) is 0.859. The molecular formula is C17H26N4O. The fourth-order valence-electron chi connectivity index (χ4n) is 2.54. The monoisotopic (exact) mass is 302 g/mol. The molecule has 0 aliphatic carbocycles. The van der Waals surface area contributed by atoms with Gasteiger partial charge in [-0.2, -0.15) is 0 Å². The Kier molecular flexibility index (Phi) is 5.19. The van der Waals surface area contributed by atoms with Crippen LogP contribution >= 0.6 is 0 Å². The van der Waals surface area contributed by atoms with Crippen LogP contribution in [0.15, 0.2) is 24.3 Å². The second-order valence-electron chi connectivity index (χ2n) is 6.17. The van der Waals surface area contributed by atoms with Crippen molar-refractivity contribution in [1.29, 1.82) is 0 Å². The van der Waals surface area contributed by atoms with Crippen molar-refractivity contribution >= 4 is 16.9 Å². The molecule has 1 amide bonds. The number of fused-ring (bicyclic) bond motifs is 1. The molecule has 22 heavy (non-hydrogen) atoms. The molecule has 2 unspecified atom stereocenters. The van der Waals surface area contributed by atoms with Gasteiger partial charge in [0.2, 0.25) is 5.91 Å². The average Bonchev–Trinajstić information content (AvgIpc) is 2.84. The van der Waals surface area contributed by atoms with Crippen molar-refractivity contribution < 1.29 is 4.79 Å². The summed E-state index contributed by atoms with van der Waals surface area (Å²) >= 11 is 0. The summed E-state index contributed by atoms with van der Waals surface area (Å²) in [6.07, 6.45) is 0.713. The fourth-order valence-corrected chi connectivity index (χ4v) is 2.54. The second-order valence-corrected chi connectivity index (χ2v) is 6.17. The van der Waals surface area contributed by atoms with E-state index in [4.69, 9.17) is 10.7 Å². The first-order valence-corrected chi connectivity index (χ1v) is 7.91. The molecule has 0 saturated heterocycles. The fraction of sp³-hybridized carbons (Fsp3) is 0.529. The summed E-state index contributed by atoms with van der Waals surface area (Å²) in [5.41, 5.74) is 7.90. The van der Waals surface area contributed by atoms with E-state index < -0.39 is 0 Å². The molecule has 0 aliphatic heterocycles. The van der Waals surface area contributed by atoms with E-state index in [1.807, 2.05) is 32.0 Å². The van der Waals surface area contributed by atoms with Crippen molar-refractivity contribution in [3.63, 3.8) is 0 Å². The summed E-state index contributed by atoms with van der Waals surface area (Å²) < 4.78 is 2.23. The number of aromatic nitrogens is 2. The zero-order chi connectivity index (χ0) is 16.3. The highest BCUT2D eigenvalue weighted by Crippen LogP contribution is 2.21. The first kappa shape index (κ1) is 16.5. The molecule has 0 aliphatic rings. The van der Waals surface area contributed by atoms with Crippen LogP contribution in [0.4, 0.5) is 0 Å². The number of hydrogen-bond donors (Lipinski definition) is 2. The summed E-state index contributed by atoms with van der Waals surface area (Å²) in [7, 11) is 0. The minimum atomic E-state index is -0.177. The van der Waals surface area contributed by atoms with Crippen molar-refractivity contribution in [3.05, 3.63) is 30.1 Å². The molecule has 0 spiro atoms. The van der Waals surface area contributed by atoms with Gasteiger partial charge in [-0.3, -0.25) is 4.79 Å². The summed E-state index contributed by atoms with van der Waals surface area (Å²) in [6.45, 7) is 8.57. The maximum atomic E-state index is 11.9. The predicted octanol–water partition coefficient (Wildman–Crippen LogP) is 2.26. The van der Waals surface area contributed by atoms with Gasteiger partial charge in [0.15, 0.2) is 0 Å². The largest absolute Gasteiger partial charge is 0.355 e.